The van der Waals surface area contributed by atoms with Gasteiger partial charge in [-0.05, 0) is 30.3 Å². The maximum Gasteiger partial charge on any atom is 0.327 e. The number of ether oxygens (including phenoxy) is 2. The first-order valence-corrected chi connectivity index (χ1v) is 5.95. The number of carboxylic acids is 1. The Hall–Kier alpha value is -2.64. The summed E-state index contributed by atoms with van der Waals surface area (Å²) in [6.07, 6.45) is 0. The van der Waals surface area contributed by atoms with Crippen molar-refractivity contribution in [1.82, 2.24) is 20.2 Å². The molecule has 106 valence electrons. The van der Waals surface area contributed by atoms with E-state index >= 15 is 0 Å². The number of carbonyl (C=O) groups is 1. The molecule has 0 fully saturated rings. The van der Waals surface area contributed by atoms with Crippen molar-refractivity contribution in [2.24, 2.45) is 0 Å². The van der Waals surface area contributed by atoms with Gasteiger partial charge < -0.3 is 14.6 Å². The van der Waals surface area contributed by atoms with Crippen molar-refractivity contribution >= 4 is 5.97 Å². The van der Waals surface area contributed by atoms with Crippen LogP contribution in [-0.4, -0.2) is 45.0 Å². The minimum Gasteiger partial charge on any atom is -0.493 e. The van der Waals surface area contributed by atoms with Gasteiger partial charge in [0.2, 0.25) is 5.82 Å². The average Bonchev–Trinajstić information content (AvgIpc) is 2.87. The van der Waals surface area contributed by atoms with Crippen molar-refractivity contribution in [3.63, 3.8) is 0 Å². The molecule has 0 aliphatic rings. The Morgan fingerprint density at radius 3 is 2.85 bits per heavy atom. The van der Waals surface area contributed by atoms with Crippen LogP contribution in [0.15, 0.2) is 18.2 Å². The molecule has 1 aromatic carbocycles. The van der Waals surface area contributed by atoms with Gasteiger partial charge in [-0.25, -0.2) is 0 Å². The fraction of sp³-hybridized carbons (Fsp3) is 0.333. The molecule has 0 spiro atoms. The van der Waals surface area contributed by atoms with Gasteiger partial charge in [-0.1, -0.05) is 0 Å². The normalized spacial score (nSPS) is 10.3. The van der Waals surface area contributed by atoms with Gasteiger partial charge in [0.1, 0.15) is 0 Å². The van der Waals surface area contributed by atoms with Crippen molar-refractivity contribution in [1.29, 1.82) is 0 Å². The smallest absolute Gasteiger partial charge is 0.327 e. The molecule has 0 atom stereocenters. The Labute approximate surface area is 114 Å². The molecule has 0 aliphatic heterocycles. The third kappa shape index (κ3) is 3.02. The van der Waals surface area contributed by atoms with Gasteiger partial charge in [-0.3, -0.25) is 4.79 Å². The molecule has 8 heteroatoms. The Bertz CT molecular complexity index is 611. The summed E-state index contributed by atoms with van der Waals surface area (Å²) in [5.41, 5.74) is 0.668. The Morgan fingerprint density at radius 2 is 2.20 bits per heavy atom. The SMILES string of the molecule is CCOc1ccc(-c2nnn(CC(=O)O)n2)cc1OC. The molecule has 1 N–H and O–H groups in total. The number of hydrogen-bond acceptors (Lipinski definition) is 6. The van der Waals surface area contributed by atoms with Crippen molar-refractivity contribution in [3.05, 3.63) is 18.2 Å². The molecule has 0 amide bonds. The van der Waals surface area contributed by atoms with E-state index in [-0.39, 0.29) is 6.54 Å². The summed E-state index contributed by atoms with van der Waals surface area (Å²) in [5.74, 6) is 0.474. The summed E-state index contributed by atoms with van der Waals surface area (Å²) < 4.78 is 10.6. The second-order valence-corrected chi connectivity index (χ2v) is 3.84. The van der Waals surface area contributed by atoms with Gasteiger partial charge in [0.25, 0.3) is 0 Å². The molecule has 1 heterocycles. The van der Waals surface area contributed by atoms with E-state index in [2.05, 4.69) is 15.4 Å². The van der Waals surface area contributed by atoms with Gasteiger partial charge in [0, 0.05) is 5.56 Å². The minimum atomic E-state index is -1.03. The van der Waals surface area contributed by atoms with Gasteiger partial charge in [-0.15, -0.1) is 10.2 Å². The second-order valence-electron chi connectivity index (χ2n) is 3.84. The van der Waals surface area contributed by atoms with Crippen molar-refractivity contribution in [2.45, 2.75) is 13.5 Å². The molecule has 2 aromatic rings. The van der Waals surface area contributed by atoms with Crippen LogP contribution in [0.2, 0.25) is 0 Å². The van der Waals surface area contributed by atoms with Crippen molar-refractivity contribution in [3.8, 4) is 22.9 Å². The summed E-state index contributed by atoms with van der Waals surface area (Å²) in [6, 6.07) is 5.22. The fourth-order valence-electron chi connectivity index (χ4n) is 1.63. The lowest BCUT2D eigenvalue weighted by Crippen LogP contribution is -2.11. The Kier molecular flexibility index (Phi) is 4.14. The molecule has 0 unspecified atom stereocenters. The lowest BCUT2D eigenvalue weighted by Gasteiger charge is -2.09. The first kappa shape index (κ1) is 13.8. The molecule has 1 aromatic heterocycles. The molecule has 0 saturated carbocycles. The largest absolute Gasteiger partial charge is 0.493 e. The van der Waals surface area contributed by atoms with Crippen LogP contribution in [-0.2, 0) is 11.3 Å². The fourth-order valence-corrected chi connectivity index (χ4v) is 1.63. The highest BCUT2D eigenvalue weighted by molar-refractivity contribution is 5.66. The van der Waals surface area contributed by atoms with Gasteiger partial charge >= 0.3 is 5.97 Å². The minimum absolute atomic E-state index is 0.326. The van der Waals surface area contributed by atoms with Crippen LogP contribution in [0.1, 0.15) is 6.92 Å². The number of hydrogen-bond donors (Lipinski definition) is 1. The van der Waals surface area contributed by atoms with E-state index < -0.39 is 5.97 Å². The summed E-state index contributed by atoms with van der Waals surface area (Å²) in [7, 11) is 1.54. The number of tetrazole rings is 1. The number of rotatable bonds is 6. The van der Waals surface area contributed by atoms with E-state index in [0.29, 0.717) is 29.5 Å². The number of carboxylic acid groups (broad SMARTS) is 1. The molecule has 0 radical (unpaired) electrons. The lowest BCUT2D eigenvalue weighted by molar-refractivity contribution is -0.138. The molecule has 0 aliphatic carbocycles. The molecule has 0 saturated heterocycles. The molecule has 0 bridgehead atoms. The van der Waals surface area contributed by atoms with Gasteiger partial charge in [-0.2, -0.15) is 4.80 Å². The van der Waals surface area contributed by atoms with Crippen molar-refractivity contribution in [2.75, 3.05) is 13.7 Å². The second kappa shape index (κ2) is 6.00. The molecule has 8 nitrogen and oxygen atoms in total. The molecular weight excluding hydrogens is 264 g/mol. The molecule has 2 rings (SSSR count). The van der Waals surface area contributed by atoms with Gasteiger partial charge in [0.15, 0.2) is 18.0 Å². The van der Waals surface area contributed by atoms with Gasteiger partial charge in [0.05, 0.1) is 13.7 Å². The van der Waals surface area contributed by atoms with E-state index in [4.69, 9.17) is 14.6 Å². The number of aromatic nitrogens is 4. The molecule has 20 heavy (non-hydrogen) atoms. The quantitative estimate of drug-likeness (QED) is 0.835. The average molecular weight is 278 g/mol. The van der Waals surface area contributed by atoms with Crippen LogP contribution in [0.4, 0.5) is 0 Å². The topological polar surface area (TPSA) is 99.4 Å². The number of aliphatic carboxylic acids is 1. The number of nitrogens with zero attached hydrogens (tertiary/aromatic N) is 4. The highest BCUT2D eigenvalue weighted by atomic mass is 16.5. The van der Waals surface area contributed by atoms with Crippen LogP contribution in [0.3, 0.4) is 0 Å². The maximum atomic E-state index is 10.6. The van der Waals surface area contributed by atoms with E-state index in [9.17, 15) is 4.79 Å². The maximum absolute atomic E-state index is 10.6. The monoisotopic (exact) mass is 278 g/mol. The van der Waals surface area contributed by atoms with E-state index in [0.717, 1.165) is 4.80 Å². The highest BCUT2D eigenvalue weighted by Gasteiger charge is 2.11. The predicted octanol–water partition coefficient (Wildman–Crippen LogP) is 0.832. The first-order chi connectivity index (χ1) is 9.63. The standard InChI is InChI=1S/C12H14N4O4/c1-3-20-9-5-4-8(6-10(9)19-2)12-13-15-16(14-12)7-11(17)18/h4-6H,3,7H2,1-2H3,(H,17,18). The number of benzene rings is 1. The Balaban J connectivity index is 2.28. The van der Waals surface area contributed by atoms with Crippen LogP contribution in [0.5, 0.6) is 11.5 Å². The third-order valence-corrected chi connectivity index (χ3v) is 2.45. The summed E-state index contributed by atoms with van der Waals surface area (Å²) in [6.45, 7) is 2.08. The van der Waals surface area contributed by atoms with Crippen LogP contribution in [0.25, 0.3) is 11.4 Å². The first-order valence-electron chi connectivity index (χ1n) is 5.95. The third-order valence-electron chi connectivity index (χ3n) is 2.45. The molecular formula is C12H14N4O4. The van der Waals surface area contributed by atoms with Crippen LogP contribution in [0, 0.1) is 0 Å². The summed E-state index contributed by atoms with van der Waals surface area (Å²) in [4.78, 5) is 11.6. The van der Waals surface area contributed by atoms with E-state index in [1.807, 2.05) is 6.92 Å². The van der Waals surface area contributed by atoms with E-state index in [1.165, 1.54) is 7.11 Å². The van der Waals surface area contributed by atoms with Crippen LogP contribution < -0.4 is 9.47 Å². The predicted molar refractivity (Wildman–Crippen MR) is 68.6 cm³/mol. The highest BCUT2D eigenvalue weighted by Crippen LogP contribution is 2.31. The number of methoxy groups -OCH3 is 1. The van der Waals surface area contributed by atoms with Crippen LogP contribution >= 0.6 is 0 Å². The zero-order valence-corrected chi connectivity index (χ0v) is 11.1. The Morgan fingerprint density at radius 1 is 1.40 bits per heavy atom. The zero-order valence-electron chi connectivity index (χ0n) is 11.1. The van der Waals surface area contributed by atoms with Crippen molar-refractivity contribution < 1.29 is 19.4 Å². The van der Waals surface area contributed by atoms with E-state index in [1.54, 1.807) is 18.2 Å². The zero-order chi connectivity index (χ0) is 14.5. The summed E-state index contributed by atoms with van der Waals surface area (Å²) >= 11 is 0. The lowest BCUT2D eigenvalue weighted by atomic mass is 10.2. The summed E-state index contributed by atoms with van der Waals surface area (Å²) in [5, 5.41) is 20.1.